The summed E-state index contributed by atoms with van der Waals surface area (Å²) in [4.78, 5) is 4.39. The SMILES string of the molecule is OC1C2C(CC[C@@H]1C1CCCC1)CC[C@@H](C1CCCC1)C2O.[Ir].[c-]1ccccc1-c1nc2ccccc2o1. The summed E-state index contributed by atoms with van der Waals surface area (Å²) in [5.74, 6) is 3.88. The third-order valence-electron chi connectivity index (χ3n) is 10.2. The maximum atomic E-state index is 11.1. The molecule has 4 nitrogen and oxygen atoms in total. The zero-order valence-corrected chi connectivity index (χ0v) is 24.7. The molecule has 1 radical (unpaired) electrons. The van der Waals surface area contributed by atoms with Gasteiger partial charge in [0.05, 0.1) is 17.7 Å². The summed E-state index contributed by atoms with van der Waals surface area (Å²) >= 11 is 0. The molecule has 4 fully saturated rings. The smallest absolute Gasteiger partial charge is 0.141 e. The molecule has 207 valence electrons. The maximum absolute atomic E-state index is 11.1. The van der Waals surface area contributed by atoms with Crippen LogP contribution in [0, 0.1) is 41.6 Å². The van der Waals surface area contributed by atoms with Crippen LogP contribution in [0.3, 0.4) is 0 Å². The Kier molecular flexibility index (Phi) is 9.41. The first kappa shape index (κ1) is 28.0. The molecule has 0 amide bonds. The first-order valence-corrected chi connectivity index (χ1v) is 14.9. The van der Waals surface area contributed by atoms with Crippen molar-refractivity contribution in [2.24, 2.45) is 35.5 Å². The molecule has 4 aliphatic rings. The summed E-state index contributed by atoms with van der Waals surface area (Å²) < 4.78 is 5.61. The van der Waals surface area contributed by atoms with Crippen LogP contribution in [0.5, 0.6) is 0 Å². The molecule has 1 aromatic heterocycles. The molecule has 7 rings (SSSR count). The molecule has 1 heterocycles. The Labute approximate surface area is 241 Å². The summed E-state index contributed by atoms with van der Waals surface area (Å²) in [6, 6.07) is 18.5. The van der Waals surface area contributed by atoms with E-state index >= 15 is 0 Å². The topological polar surface area (TPSA) is 66.5 Å². The van der Waals surface area contributed by atoms with Crippen LogP contribution in [0.4, 0.5) is 0 Å². The van der Waals surface area contributed by atoms with Crippen LogP contribution in [-0.4, -0.2) is 27.4 Å². The standard InChI is InChI=1S/C20H34O2.C13H8NO.Ir/c21-19-16(13-5-1-2-6-13)11-9-15-10-12-17(20(22)18(15)19)14-7-3-4-8-14;1-2-6-10(7-3-1)13-14-11-8-4-5-9-12(11)15-13;/h13-22H,1-12H2;1-6,8-9H;/q;-1;/t15?,16-,17+,18?,19?,20?;;. The summed E-state index contributed by atoms with van der Waals surface area (Å²) in [6.45, 7) is 0. The van der Waals surface area contributed by atoms with Gasteiger partial charge in [0.25, 0.3) is 0 Å². The average molecular weight is 693 g/mol. The van der Waals surface area contributed by atoms with Crippen LogP contribution < -0.4 is 0 Å². The monoisotopic (exact) mass is 693 g/mol. The van der Waals surface area contributed by atoms with Crippen molar-refractivity contribution in [3.05, 3.63) is 54.6 Å². The Bertz CT molecular complexity index is 1070. The second-order valence-corrected chi connectivity index (χ2v) is 12.2. The zero-order chi connectivity index (χ0) is 25.2. The van der Waals surface area contributed by atoms with E-state index in [0.717, 1.165) is 28.5 Å². The third-order valence-corrected chi connectivity index (χ3v) is 10.2. The summed E-state index contributed by atoms with van der Waals surface area (Å²) in [5, 5.41) is 22.2. The predicted octanol–water partition coefficient (Wildman–Crippen LogP) is 7.43. The van der Waals surface area contributed by atoms with Crippen molar-refractivity contribution in [3.63, 3.8) is 0 Å². The number of para-hydroxylation sites is 2. The van der Waals surface area contributed by atoms with E-state index in [1.807, 2.05) is 48.5 Å². The molecule has 0 spiro atoms. The van der Waals surface area contributed by atoms with E-state index in [9.17, 15) is 10.2 Å². The molecule has 2 N–H and O–H groups in total. The number of nitrogens with zero attached hydrogens (tertiary/aromatic N) is 1. The van der Waals surface area contributed by atoms with Gasteiger partial charge in [0.15, 0.2) is 0 Å². The summed E-state index contributed by atoms with van der Waals surface area (Å²) in [7, 11) is 0. The molecule has 0 bridgehead atoms. The molecule has 5 heteroatoms. The van der Waals surface area contributed by atoms with E-state index in [4.69, 9.17) is 4.42 Å². The minimum Gasteiger partial charge on any atom is -0.481 e. The quantitative estimate of drug-likeness (QED) is 0.281. The van der Waals surface area contributed by atoms with Crippen molar-refractivity contribution in [1.82, 2.24) is 4.98 Å². The molecule has 4 unspecified atom stereocenters. The van der Waals surface area contributed by atoms with Crippen LogP contribution in [0.2, 0.25) is 0 Å². The Morgan fingerprint density at radius 2 is 1.26 bits per heavy atom. The first-order chi connectivity index (χ1) is 18.2. The van der Waals surface area contributed by atoms with Crippen LogP contribution >= 0.6 is 0 Å². The van der Waals surface area contributed by atoms with Gasteiger partial charge in [-0.15, -0.1) is 30.3 Å². The van der Waals surface area contributed by atoms with Crippen molar-refractivity contribution in [1.29, 1.82) is 0 Å². The van der Waals surface area contributed by atoms with E-state index < -0.39 is 0 Å². The van der Waals surface area contributed by atoms with Gasteiger partial charge in [-0.25, -0.2) is 0 Å². The van der Waals surface area contributed by atoms with E-state index in [1.165, 1.54) is 77.0 Å². The Morgan fingerprint density at radius 1 is 0.684 bits per heavy atom. The largest absolute Gasteiger partial charge is 0.481 e. The van der Waals surface area contributed by atoms with Gasteiger partial charge in [-0.3, -0.25) is 4.98 Å². The Balaban J connectivity index is 0.000000161. The van der Waals surface area contributed by atoms with Crippen molar-refractivity contribution in [3.8, 4) is 11.5 Å². The Hall–Kier alpha value is -1.52. The fourth-order valence-corrected chi connectivity index (χ4v) is 8.33. The number of hydrogen-bond acceptors (Lipinski definition) is 4. The fraction of sp³-hybridized carbons (Fsp3) is 0.606. The minimum absolute atomic E-state index is 0. The van der Waals surface area contributed by atoms with Gasteiger partial charge in [-0.05, 0) is 67.4 Å². The maximum Gasteiger partial charge on any atom is 0.141 e. The van der Waals surface area contributed by atoms with Gasteiger partial charge >= 0.3 is 0 Å². The molecule has 3 aromatic rings. The number of fused-ring (bicyclic) bond motifs is 2. The van der Waals surface area contributed by atoms with Crippen LogP contribution in [0.25, 0.3) is 22.6 Å². The Morgan fingerprint density at radius 3 is 1.82 bits per heavy atom. The second-order valence-electron chi connectivity index (χ2n) is 12.2. The minimum atomic E-state index is -0.221. The van der Waals surface area contributed by atoms with Crippen LogP contribution in [0.15, 0.2) is 52.9 Å². The molecule has 0 aliphatic heterocycles. The average Bonchev–Trinajstić information content (AvgIpc) is 3.72. The van der Waals surface area contributed by atoms with Crippen molar-refractivity contribution >= 4 is 11.1 Å². The van der Waals surface area contributed by atoms with E-state index in [2.05, 4.69) is 11.1 Å². The molecule has 6 atom stereocenters. The molecule has 4 aliphatic carbocycles. The molecule has 0 saturated heterocycles. The van der Waals surface area contributed by atoms with Crippen LogP contribution in [0.1, 0.15) is 77.0 Å². The van der Waals surface area contributed by atoms with Crippen LogP contribution in [-0.2, 0) is 20.1 Å². The summed E-state index contributed by atoms with van der Waals surface area (Å²) in [5.41, 5.74) is 2.57. The van der Waals surface area contributed by atoms with Gasteiger partial charge in [0.1, 0.15) is 11.5 Å². The van der Waals surface area contributed by atoms with Gasteiger partial charge in [0, 0.05) is 26.0 Å². The van der Waals surface area contributed by atoms with E-state index in [1.54, 1.807) is 0 Å². The van der Waals surface area contributed by atoms with Gasteiger partial charge in [-0.1, -0.05) is 69.1 Å². The molecule has 38 heavy (non-hydrogen) atoms. The number of benzene rings is 2. The number of hydrogen-bond donors (Lipinski definition) is 2. The molecule has 2 aromatic carbocycles. The van der Waals surface area contributed by atoms with E-state index in [-0.39, 0.29) is 38.2 Å². The van der Waals surface area contributed by atoms with Crippen molar-refractivity contribution in [2.45, 2.75) is 89.3 Å². The number of aliphatic hydroxyl groups is 2. The third kappa shape index (κ3) is 5.82. The second kappa shape index (κ2) is 12.8. The van der Waals surface area contributed by atoms with E-state index in [0.29, 0.717) is 23.6 Å². The number of oxazole rings is 1. The van der Waals surface area contributed by atoms with Gasteiger partial charge in [-0.2, -0.15) is 0 Å². The number of aliphatic hydroxyl groups excluding tert-OH is 2. The van der Waals surface area contributed by atoms with Gasteiger partial charge in [0.2, 0.25) is 0 Å². The van der Waals surface area contributed by atoms with Gasteiger partial charge < -0.3 is 14.6 Å². The zero-order valence-electron chi connectivity index (χ0n) is 22.3. The molecular weight excluding hydrogens is 651 g/mol. The fourth-order valence-electron chi connectivity index (χ4n) is 8.33. The summed E-state index contributed by atoms with van der Waals surface area (Å²) in [6.07, 6.45) is 15.2. The first-order valence-electron chi connectivity index (χ1n) is 14.9. The normalized spacial score (nSPS) is 31.8. The molecular formula is C33H42IrNO3-. The molecule has 4 saturated carbocycles. The number of aromatic nitrogens is 1. The number of rotatable bonds is 3. The predicted molar refractivity (Wildman–Crippen MR) is 147 cm³/mol. The van der Waals surface area contributed by atoms with Crippen molar-refractivity contribution < 1.29 is 34.7 Å². The van der Waals surface area contributed by atoms with Crippen molar-refractivity contribution in [2.75, 3.05) is 0 Å².